The van der Waals surface area contributed by atoms with Crippen LogP contribution in [0.15, 0.2) is 48.5 Å². The maximum absolute atomic E-state index is 13.7. The number of para-hydroxylation sites is 1. The highest BCUT2D eigenvalue weighted by Crippen LogP contribution is 2.22. The molecule has 0 aliphatic heterocycles. The van der Waals surface area contributed by atoms with Crippen molar-refractivity contribution in [2.45, 2.75) is 13.0 Å². The predicted octanol–water partition coefficient (Wildman–Crippen LogP) is 3.17. The third-order valence-electron chi connectivity index (χ3n) is 2.90. The van der Waals surface area contributed by atoms with Crippen LogP contribution in [0, 0.1) is 5.82 Å². The summed E-state index contributed by atoms with van der Waals surface area (Å²) in [6, 6.07) is 15.0. The largest absolute Gasteiger partial charge is 0.490 e. The predicted molar refractivity (Wildman–Crippen MR) is 74.8 cm³/mol. The van der Waals surface area contributed by atoms with Crippen molar-refractivity contribution in [3.8, 4) is 5.75 Å². The average molecular weight is 259 g/mol. The van der Waals surface area contributed by atoms with Crippen molar-refractivity contribution in [2.75, 3.05) is 13.7 Å². The van der Waals surface area contributed by atoms with Gasteiger partial charge in [0, 0.05) is 18.5 Å². The van der Waals surface area contributed by atoms with E-state index in [2.05, 4.69) is 5.32 Å². The van der Waals surface area contributed by atoms with Crippen molar-refractivity contribution in [1.29, 1.82) is 0 Å². The van der Waals surface area contributed by atoms with E-state index < -0.39 is 0 Å². The maximum Gasteiger partial charge on any atom is 0.165 e. The number of rotatable bonds is 6. The number of hydrogen-bond donors (Lipinski definition) is 1. The SMILES string of the molecule is CNCc1cccc(F)c1OCCc1ccccc1. The van der Waals surface area contributed by atoms with Gasteiger partial charge in [-0.1, -0.05) is 42.5 Å². The molecule has 0 aliphatic rings. The van der Waals surface area contributed by atoms with Crippen LogP contribution in [0.4, 0.5) is 4.39 Å². The van der Waals surface area contributed by atoms with E-state index in [1.807, 2.05) is 43.4 Å². The lowest BCUT2D eigenvalue weighted by atomic mass is 10.1. The fourth-order valence-corrected chi connectivity index (χ4v) is 1.96. The van der Waals surface area contributed by atoms with Gasteiger partial charge in [0.15, 0.2) is 11.6 Å². The van der Waals surface area contributed by atoms with E-state index in [1.54, 1.807) is 6.07 Å². The van der Waals surface area contributed by atoms with E-state index in [9.17, 15) is 4.39 Å². The molecule has 0 aromatic heterocycles. The van der Waals surface area contributed by atoms with Gasteiger partial charge in [0.25, 0.3) is 0 Å². The summed E-state index contributed by atoms with van der Waals surface area (Å²) in [5.74, 6) is 0.0496. The van der Waals surface area contributed by atoms with Crippen LogP contribution in [0.1, 0.15) is 11.1 Å². The highest BCUT2D eigenvalue weighted by atomic mass is 19.1. The summed E-state index contributed by atoms with van der Waals surface area (Å²) in [4.78, 5) is 0. The molecule has 0 fully saturated rings. The molecule has 0 spiro atoms. The second kappa shape index (κ2) is 6.90. The summed E-state index contributed by atoms with van der Waals surface area (Å²) >= 11 is 0. The Hall–Kier alpha value is -1.87. The summed E-state index contributed by atoms with van der Waals surface area (Å²) in [7, 11) is 1.83. The van der Waals surface area contributed by atoms with Gasteiger partial charge in [-0.2, -0.15) is 0 Å². The molecular formula is C16H18FNO. The highest BCUT2D eigenvalue weighted by molar-refractivity contribution is 5.35. The maximum atomic E-state index is 13.7. The van der Waals surface area contributed by atoms with Gasteiger partial charge in [-0.25, -0.2) is 4.39 Å². The molecule has 0 saturated carbocycles. The van der Waals surface area contributed by atoms with Gasteiger partial charge in [0.1, 0.15) is 0 Å². The summed E-state index contributed by atoms with van der Waals surface area (Å²) < 4.78 is 19.4. The van der Waals surface area contributed by atoms with Crippen LogP contribution in [-0.4, -0.2) is 13.7 Å². The average Bonchev–Trinajstić information content (AvgIpc) is 2.43. The van der Waals surface area contributed by atoms with Crippen LogP contribution >= 0.6 is 0 Å². The molecule has 2 rings (SSSR count). The smallest absolute Gasteiger partial charge is 0.165 e. The van der Waals surface area contributed by atoms with Crippen molar-refractivity contribution in [1.82, 2.24) is 5.32 Å². The summed E-state index contributed by atoms with van der Waals surface area (Å²) in [6.45, 7) is 1.07. The quantitative estimate of drug-likeness (QED) is 0.860. The monoisotopic (exact) mass is 259 g/mol. The lowest BCUT2D eigenvalue weighted by Crippen LogP contribution is -2.10. The molecule has 3 heteroatoms. The molecule has 0 amide bonds. The van der Waals surface area contributed by atoms with E-state index in [-0.39, 0.29) is 5.82 Å². The number of hydrogen-bond acceptors (Lipinski definition) is 2. The Morgan fingerprint density at radius 2 is 1.84 bits per heavy atom. The van der Waals surface area contributed by atoms with Crippen LogP contribution < -0.4 is 10.1 Å². The number of ether oxygens (including phenoxy) is 1. The lowest BCUT2D eigenvalue weighted by Gasteiger charge is -2.12. The van der Waals surface area contributed by atoms with E-state index in [4.69, 9.17) is 4.74 Å². The summed E-state index contributed by atoms with van der Waals surface area (Å²) in [5.41, 5.74) is 2.03. The molecule has 19 heavy (non-hydrogen) atoms. The molecular weight excluding hydrogens is 241 g/mol. The Labute approximate surface area is 113 Å². The normalized spacial score (nSPS) is 10.4. The van der Waals surface area contributed by atoms with Gasteiger partial charge in [0.2, 0.25) is 0 Å². The van der Waals surface area contributed by atoms with Gasteiger partial charge in [-0.05, 0) is 18.7 Å². The van der Waals surface area contributed by atoms with Crippen LogP contribution in [-0.2, 0) is 13.0 Å². The zero-order chi connectivity index (χ0) is 13.5. The number of halogens is 1. The van der Waals surface area contributed by atoms with Crippen molar-refractivity contribution in [2.24, 2.45) is 0 Å². The molecule has 100 valence electrons. The van der Waals surface area contributed by atoms with Gasteiger partial charge in [-0.15, -0.1) is 0 Å². The standard InChI is InChI=1S/C16H18FNO/c1-18-12-14-8-5-9-15(17)16(14)19-11-10-13-6-3-2-4-7-13/h2-9,18H,10-12H2,1H3. The fourth-order valence-electron chi connectivity index (χ4n) is 1.96. The molecule has 0 unspecified atom stereocenters. The third-order valence-corrected chi connectivity index (χ3v) is 2.90. The van der Waals surface area contributed by atoms with Crippen molar-refractivity contribution in [3.05, 3.63) is 65.5 Å². The van der Waals surface area contributed by atoms with Gasteiger partial charge in [0.05, 0.1) is 6.61 Å². The first-order valence-corrected chi connectivity index (χ1v) is 6.40. The van der Waals surface area contributed by atoms with Crippen LogP contribution in [0.25, 0.3) is 0 Å². The highest BCUT2D eigenvalue weighted by Gasteiger charge is 2.08. The van der Waals surface area contributed by atoms with Gasteiger partial charge >= 0.3 is 0 Å². The molecule has 0 aliphatic carbocycles. The Bertz CT molecular complexity index is 513. The third kappa shape index (κ3) is 3.80. The molecule has 0 atom stereocenters. The molecule has 2 aromatic carbocycles. The molecule has 2 nitrogen and oxygen atoms in total. The van der Waals surface area contributed by atoms with Crippen LogP contribution in [0.3, 0.4) is 0 Å². The zero-order valence-electron chi connectivity index (χ0n) is 11.0. The van der Waals surface area contributed by atoms with Crippen molar-refractivity contribution >= 4 is 0 Å². The number of benzene rings is 2. The van der Waals surface area contributed by atoms with Gasteiger partial charge in [-0.3, -0.25) is 0 Å². The topological polar surface area (TPSA) is 21.3 Å². The second-order valence-electron chi connectivity index (χ2n) is 4.34. The Balaban J connectivity index is 1.99. The first kappa shape index (κ1) is 13.6. The molecule has 0 heterocycles. The molecule has 1 N–H and O–H groups in total. The van der Waals surface area contributed by atoms with Crippen LogP contribution in [0.5, 0.6) is 5.75 Å². The Morgan fingerprint density at radius 3 is 2.58 bits per heavy atom. The Kier molecular flexibility index (Phi) is 4.93. The minimum Gasteiger partial charge on any atom is -0.490 e. The van der Waals surface area contributed by atoms with Crippen LogP contribution in [0.2, 0.25) is 0 Å². The minimum absolute atomic E-state index is 0.305. The van der Waals surface area contributed by atoms with E-state index in [1.165, 1.54) is 11.6 Å². The van der Waals surface area contributed by atoms with Crippen molar-refractivity contribution < 1.29 is 9.13 Å². The number of nitrogens with one attached hydrogen (secondary N) is 1. The molecule has 0 radical (unpaired) electrons. The first-order chi connectivity index (χ1) is 9.31. The first-order valence-electron chi connectivity index (χ1n) is 6.40. The molecule has 0 saturated heterocycles. The van der Waals surface area contributed by atoms with Crippen molar-refractivity contribution in [3.63, 3.8) is 0 Å². The van der Waals surface area contributed by atoms with E-state index in [0.717, 1.165) is 12.0 Å². The summed E-state index contributed by atoms with van der Waals surface area (Å²) in [6.07, 6.45) is 0.772. The zero-order valence-corrected chi connectivity index (χ0v) is 11.0. The Morgan fingerprint density at radius 1 is 1.05 bits per heavy atom. The summed E-state index contributed by atoms with van der Waals surface area (Å²) in [5, 5.41) is 3.01. The molecule has 2 aromatic rings. The minimum atomic E-state index is -0.305. The van der Waals surface area contributed by atoms with E-state index >= 15 is 0 Å². The second-order valence-corrected chi connectivity index (χ2v) is 4.34. The fraction of sp³-hybridized carbons (Fsp3) is 0.250. The van der Waals surface area contributed by atoms with Gasteiger partial charge < -0.3 is 10.1 Å². The molecule has 0 bridgehead atoms. The van der Waals surface area contributed by atoms with E-state index in [0.29, 0.717) is 18.9 Å². The lowest BCUT2D eigenvalue weighted by molar-refractivity contribution is 0.301.